The van der Waals surface area contributed by atoms with E-state index in [0.717, 1.165) is 40.9 Å². The number of fused-ring (bicyclic) bond motifs is 1. The van der Waals surface area contributed by atoms with E-state index in [1.54, 1.807) is 6.20 Å². The van der Waals surface area contributed by atoms with Gasteiger partial charge in [0.2, 0.25) is 0 Å². The van der Waals surface area contributed by atoms with E-state index in [1.807, 2.05) is 60.1 Å². The Balaban J connectivity index is 1.73. The van der Waals surface area contributed by atoms with Gasteiger partial charge >= 0.3 is 0 Å². The number of carbonyl (C=O) groups excluding carboxylic acids is 1. The van der Waals surface area contributed by atoms with Crippen LogP contribution in [0.15, 0.2) is 66.9 Å². The first-order valence-corrected chi connectivity index (χ1v) is 11.7. The van der Waals surface area contributed by atoms with Gasteiger partial charge in [0.25, 0.3) is 5.91 Å². The fraction of sp³-hybridized carbons (Fsp3) is 0.296. The minimum absolute atomic E-state index is 0.117. The molecule has 4 aromatic rings. The molecule has 2 aromatic carbocycles. The van der Waals surface area contributed by atoms with Gasteiger partial charge in [-0.15, -0.1) is 0 Å². The Labute approximate surface area is 200 Å². The molecule has 1 amide bonds. The van der Waals surface area contributed by atoms with Crippen molar-refractivity contribution in [2.24, 2.45) is 5.73 Å². The molecule has 4 rings (SSSR count). The highest BCUT2D eigenvalue weighted by molar-refractivity contribution is 6.06. The van der Waals surface area contributed by atoms with Crippen molar-refractivity contribution in [2.75, 3.05) is 13.1 Å². The zero-order valence-electron chi connectivity index (χ0n) is 20.0. The van der Waals surface area contributed by atoms with Gasteiger partial charge in [0.15, 0.2) is 5.65 Å². The molecule has 0 radical (unpaired) electrons. The van der Waals surface area contributed by atoms with E-state index in [0.29, 0.717) is 17.8 Å². The number of rotatable bonds is 9. The molecule has 4 N–H and O–H groups in total. The third-order valence-electron chi connectivity index (χ3n) is 5.82. The molecule has 0 unspecified atom stereocenters. The van der Waals surface area contributed by atoms with Crippen LogP contribution in [0.1, 0.15) is 54.3 Å². The van der Waals surface area contributed by atoms with Gasteiger partial charge in [0, 0.05) is 31.2 Å². The van der Waals surface area contributed by atoms with Crippen LogP contribution in [0.2, 0.25) is 0 Å². The van der Waals surface area contributed by atoms with E-state index in [2.05, 4.69) is 41.7 Å². The normalized spacial score (nSPS) is 12.3. The first-order chi connectivity index (χ1) is 16.5. The summed E-state index contributed by atoms with van der Waals surface area (Å²) < 4.78 is 1.86. The molecule has 1 atom stereocenters. The predicted octanol–water partition coefficient (Wildman–Crippen LogP) is 4.22. The summed E-state index contributed by atoms with van der Waals surface area (Å²) in [5, 5.41) is 11.7. The lowest BCUT2D eigenvalue weighted by molar-refractivity contribution is 0.0941. The molecule has 0 aliphatic heterocycles. The van der Waals surface area contributed by atoms with E-state index < -0.39 is 0 Å². The van der Waals surface area contributed by atoms with Crippen molar-refractivity contribution in [2.45, 2.75) is 39.4 Å². The number of nitrogens with one attached hydrogen (secondary N) is 2. The summed E-state index contributed by atoms with van der Waals surface area (Å²) in [4.78, 5) is 18.4. The number of pyridine rings is 1. The molecule has 2 aromatic heterocycles. The third-order valence-corrected chi connectivity index (χ3v) is 5.82. The number of carbonyl (C=O) groups is 1. The average molecular weight is 457 g/mol. The zero-order valence-corrected chi connectivity index (χ0v) is 20.0. The van der Waals surface area contributed by atoms with Gasteiger partial charge < -0.3 is 16.4 Å². The van der Waals surface area contributed by atoms with Crippen molar-refractivity contribution in [1.82, 2.24) is 25.4 Å². The van der Waals surface area contributed by atoms with Crippen LogP contribution in [0.3, 0.4) is 0 Å². The summed E-state index contributed by atoms with van der Waals surface area (Å²) in [5.74, 6) is -0.144. The van der Waals surface area contributed by atoms with Gasteiger partial charge in [-0.05, 0) is 44.0 Å². The summed E-state index contributed by atoms with van der Waals surface area (Å²) in [6.45, 7) is 8.17. The largest absolute Gasteiger partial charge is 0.345 e. The molecule has 176 valence electrons. The highest BCUT2D eigenvalue weighted by atomic mass is 16.1. The van der Waals surface area contributed by atoms with Crippen molar-refractivity contribution in [3.8, 4) is 11.3 Å². The monoisotopic (exact) mass is 456 g/mol. The number of nitrogens with two attached hydrogens (primary N) is 1. The van der Waals surface area contributed by atoms with Gasteiger partial charge in [0.1, 0.15) is 0 Å². The van der Waals surface area contributed by atoms with Gasteiger partial charge in [-0.3, -0.25) is 4.79 Å². The molecule has 0 bridgehead atoms. The second-order valence-electron chi connectivity index (χ2n) is 8.75. The van der Waals surface area contributed by atoms with Crippen molar-refractivity contribution < 1.29 is 4.79 Å². The molecular weight excluding hydrogens is 424 g/mol. The average Bonchev–Trinajstić information content (AvgIpc) is 3.29. The molecule has 0 saturated heterocycles. The number of benzene rings is 2. The molecule has 0 spiro atoms. The van der Waals surface area contributed by atoms with Crippen LogP contribution in [0, 0.1) is 0 Å². The maximum atomic E-state index is 13.4. The Bertz CT molecular complexity index is 1260. The summed E-state index contributed by atoms with van der Waals surface area (Å²) in [5.41, 5.74) is 10.8. The Hall–Kier alpha value is -3.55. The first-order valence-electron chi connectivity index (χ1n) is 11.7. The van der Waals surface area contributed by atoms with Gasteiger partial charge in [-0.1, -0.05) is 48.5 Å². The Morgan fingerprint density at radius 1 is 1.06 bits per heavy atom. The van der Waals surface area contributed by atoms with Crippen LogP contribution < -0.4 is 16.4 Å². The topological polar surface area (TPSA) is 97.9 Å². The third kappa shape index (κ3) is 5.16. The van der Waals surface area contributed by atoms with E-state index in [4.69, 9.17) is 10.7 Å². The van der Waals surface area contributed by atoms with Crippen molar-refractivity contribution in [3.63, 3.8) is 0 Å². The number of amides is 1. The molecule has 0 aliphatic carbocycles. The lowest BCUT2D eigenvalue weighted by Crippen LogP contribution is -2.27. The number of aromatic nitrogens is 3. The standard InChI is InChI=1S/C27H32N6O/c1-18(2)33-26-24(17-30-33)23(27(34)31-19(3)21-9-5-4-6-10-21)15-25(32-26)22-11-7-8-20(14-22)16-29-13-12-28/h4-11,14-15,17-19,29H,12-13,16,28H2,1-3H3,(H,31,34)/t19-/m0/s1. The first kappa shape index (κ1) is 23.6. The van der Waals surface area contributed by atoms with Crippen LogP contribution in [-0.2, 0) is 6.54 Å². The Morgan fingerprint density at radius 2 is 1.85 bits per heavy atom. The minimum atomic E-state index is -0.144. The molecule has 0 fully saturated rings. The van der Waals surface area contributed by atoms with Crippen LogP contribution in [0.5, 0.6) is 0 Å². The zero-order chi connectivity index (χ0) is 24.1. The van der Waals surface area contributed by atoms with Crippen LogP contribution >= 0.6 is 0 Å². The van der Waals surface area contributed by atoms with Gasteiger partial charge in [0.05, 0.1) is 28.9 Å². The van der Waals surface area contributed by atoms with Crippen molar-refractivity contribution in [3.05, 3.63) is 83.6 Å². The van der Waals surface area contributed by atoms with E-state index >= 15 is 0 Å². The summed E-state index contributed by atoms with van der Waals surface area (Å²) in [7, 11) is 0. The molecule has 34 heavy (non-hydrogen) atoms. The molecular formula is C27H32N6O. The molecule has 0 aliphatic rings. The van der Waals surface area contributed by atoms with Crippen LogP contribution in [0.4, 0.5) is 0 Å². The summed E-state index contributed by atoms with van der Waals surface area (Å²) in [6.07, 6.45) is 1.74. The minimum Gasteiger partial charge on any atom is -0.345 e. The molecule has 2 heterocycles. The van der Waals surface area contributed by atoms with Gasteiger partial charge in [-0.2, -0.15) is 5.10 Å². The lowest BCUT2D eigenvalue weighted by Gasteiger charge is -2.16. The number of hydrogen-bond acceptors (Lipinski definition) is 5. The second-order valence-corrected chi connectivity index (χ2v) is 8.75. The predicted molar refractivity (Wildman–Crippen MR) is 136 cm³/mol. The van der Waals surface area contributed by atoms with Crippen molar-refractivity contribution in [1.29, 1.82) is 0 Å². The quantitative estimate of drug-likeness (QED) is 0.328. The van der Waals surface area contributed by atoms with E-state index in [1.165, 1.54) is 0 Å². The Morgan fingerprint density at radius 3 is 2.59 bits per heavy atom. The highest BCUT2D eigenvalue weighted by Crippen LogP contribution is 2.27. The van der Waals surface area contributed by atoms with Crippen LogP contribution in [0.25, 0.3) is 22.3 Å². The fourth-order valence-corrected chi connectivity index (χ4v) is 4.01. The van der Waals surface area contributed by atoms with Crippen molar-refractivity contribution >= 4 is 16.9 Å². The second kappa shape index (κ2) is 10.6. The maximum Gasteiger partial charge on any atom is 0.252 e. The maximum absolute atomic E-state index is 13.4. The van der Waals surface area contributed by atoms with E-state index in [-0.39, 0.29) is 18.0 Å². The van der Waals surface area contributed by atoms with Crippen LogP contribution in [-0.4, -0.2) is 33.8 Å². The highest BCUT2D eigenvalue weighted by Gasteiger charge is 2.20. The number of nitrogens with zero attached hydrogens (tertiary/aromatic N) is 3. The fourth-order valence-electron chi connectivity index (χ4n) is 4.01. The Kier molecular flexibility index (Phi) is 7.35. The number of hydrogen-bond donors (Lipinski definition) is 3. The van der Waals surface area contributed by atoms with E-state index in [9.17, 15) is 4.79 Å². The summed E-state index contributed by atoms with van der Waals surface area (Å²) in [6, 6.07) is 20.0. The molecule has 7 nitrogen and oxygen atoms in total. The van der Waals surface area contributed by atoms with Gasteiger partial charge in [-0.25, -0.2) is 9.67 Å². The molecule has 7 heteroatoms. The lowest BCUT2D eigenvalue weighted by atomic mass is 10.0. The smallest absolute Gasteiger partial charge is 0.252 e. The molecule has 0 saturated carbocycles. The SMILES string of the molecule is CC(C)n1ncc2c(C(=O)N[C@@H](C)c3ccccc3)cc(-c3cccc(CNCCN)c3)nc21. The summed E-state index contributed by atoms with van der Waals surface area (Å²) >= 11 is 0.